The summed E-state index contributed by atoms with van der Waals surface area (Å²) >= 11 is 0. The van der Waals surface area contributed by atoms with E-state index in [0.29, 0.717) is 11.3 Å². The van der Waals surface area contributed by atoms with Gasteiger partial charge >= 0.3 is 12.0 Å². The summed E-state index contributed by atoms with van der Waals surface area (Å²) in [6.45, 7) is 5.06. The lowest BCUT2D eigenvalue weighted by Crippen LogP contribution is -2.37. The summed E-state index contributed by atoms with van der Waals surface area (Å²) in [6, 6.07) is 11.8. The monoisotopic (exact) mass is 411 g/mol. The van der Waals surface area contributed by atoms with Gasteiger partial charge in [-0.3, -0.25) is 19.7 Å². The van der Waals surface area contributed by atoms with Crippen LogP contribution in [0.25, 0.3) is 0 Å². The number of aryl methyl sites for hydroxylation is 2. The molecule has 0 heterocycles. The minimum atomic E-state index is -0.755. The van der Waals surface area contributed by atoms with E-state index in [1.54, 1.807) is 24.3 Å². The Bertz CT molecular complexity index is 956. The highest BCUT2D eigenvalue weighted by molar-refractivity contribution is 6.02. The summed E-state index contributed by atoms with van der Waals surface area (Å²) in [5.41, 5.74) is 3.83. The molecule has 3 N–H and O–H groups in total. The van der Waals surface area contributed by atoms with Gasteiger partial charge in [0.25, 0.3) is 11.8 Å². The number of urea groups is 1. The third-order valence-electron chi connectivity index (χ3n) is 4.47. The van der Waals surface area contributed by atoms with Crippen LogP contribution in [-0.2, 0) is 14.3 Å². The quantitative estimate of drug-likeness (QED) is 0.606. The second kappa shape index (κ2) is 10.8. The van der Waals surface area contributed by atoms with E-state index in [9.17, 15) is 19.2 Å². The molecule has 0 unspecified atom stereocenters. The summed E-state index contributed by atoms with van der Waals surface area (Å²) in [5.74, 6) is -1.71. The molecule has 0 aromatic heterocycles. The molecule has 0 aliphatic carbocycles. The van der Waals surface area contributed by atoms with Gasteiger partial charge in [0.15, 0.2) is 6.61 Å². The molecule has 0 fully saturated rings. The highest BCUT2D eigenvalue weighted by atomic mass is 16.5. The second-order valence-electron chi connectivity index (χ2n) is 6.73. The molecule has 0 saturated carbocycles. The van der Waals surface area contributed by atoms with E-state index in [1.807, 2.05) is 39.0 Å². The zero-order valence-corrected chi connectivity index (χ0v) is 17.2. The Morgan fingerprint density at radius 3 is 2.33 bits per heavy atom. The molecule has 4 amide bonds. The fourth-order valence-corrected chi connectivity index (χ4v) is 2.62. The molecule has 2 aromatic carbocycles. The van der Waals surface area contributed by atoms with Crippen molar-refractivity contribution < 1.29 is 23.9 Å². The molecule has 8 heteroatoms. The average Bonchev–Trinajstić information content (AvgIpc) is 2.70. The number of nitrogens with one attached hydrogen (secondary N) is 3. The standard InChI is InChI=1S/C22H25N3O5/c1-14-8-6-10-18(16(14)3)24-22(29)25-19(26)13-30-20(27)11-12-23-21(28)17-9-5-4-7-15(17)2/h4-10H,11-13H2,1-3H3,(H,23,28)(H2,24,25,26,29). The lowest BCUT2D eigenvalue weighted by molar-refractivity contribution is -0.148. The Morgan fingerprint density at radius 1 is 0.900 bits per heavy atom. The Morgan fingerprint density at radius 2 is 1.60 bits per heavy atom. The maximum Gasteiger partial charge on any atom is 0.325 e. The summed E-state index contributed by atoms with van der Waals surface area (Å²) in [5, 5.41) is 7.30. The summed E-state index contributed by atoms with van der Waals surface area (Å²) in [6.07, 6.45) is -0.0976. The summed E-state index contributed by atoms with van der Waals surface area (Å²) in [7, 11) is 0. The fourth-order valence-electron chi connectivity index (χ4n) is 2.62. The van der Waals surface area contributed by atoms with Gasteiger partial charge in [0, 0.05) is 17.8 Å². The van der Waals surface area contributed by atoms with Crippen LogP contribution in [0.2, 0.25) is 0 Å². The van der Waals surface area contributed by atoms with Gasteiger partial charge < -0.3 is 15.4 Å². The lowest BCUT2D eigenvalue weighted by atomic mass is 10.1. The zero-order chi connectivity index (χ0) is 22.1. The minimum Gasteiger partial charge on any atom is -0.456 e. The number of benzene rings is 2. The maximum absolute atomic E-state index is 12.1. The van der Waals surface area contributed by atoms with Crippen LogP contribution in [0.15, 0.2) is 42.5 Å². The van der Waals surface area contributed by atoms with Crippen molar-refractivity contribution in [2.75, 3.05) is 18.5 Å². The second-order valence-corrected chi connectivity index (χ2v) is 6.73. The van der Waals surface area contributed by atoms with E-state index in [4.69, 9.17) is 4.74 Å². The molecule has 0 saturated heterocycles. The largest absolute Gasteiger partial charge is 0.456 e. The SMILES string of the molecule is Cc1ccccc1C(=O)NCCC(=O)OCC(=O)NC(=O)Nc1cccc(C)c1C. The number of amides is 4. The Labute approximate surface area is 175 Å². The summed E-state index contributed by atoms with van der Waals surface area (Å²) in [4.78, 5) is 47.5. The maximum atomic E-state index is 12.1. The molecular formula is C22H25N3O5. The van der Waals surface area contributed by atoms with Crippen molar-refractivity contribution >= 4 is 29.5 Å². The van der Waals surface area contributed by atoms with Crippen molar-refractivity contribution in [3.63, 3.8) is 0 Å². The van der Waals surface area contributed by atoms with Crippen LogP contribution >= 0.6 is 0 Å². The van der Waals surface area contributed by atoms with E-state index in [0.717, 1.165) is 16.7 Å². The first kappa shape index (κ1) is 22.6. The van der Waals surface area contributed by atoms with Crippen molar-refractivity contribution in [1.29, 1.82) is 0 Å². The number of rotatable bonds is 7. The number of ether oxygens (including phenoxy) is 1. The number of hydrogen-bond donors (Lipinski definition) is 3. The highest BCUT2D eigenvalue weighted by Crippen LogP contribution is 2.17. The van der Waals surface area contributed by atoms with E-state index >= 15 is 0 Å². The number of imide groups is 1. The number of hydrogen-bond acceptors (Lipinski definition) is 5. The number of carbonyl (C=O) groups excluding carboxylic acids is 4. The average molecular weight is 411 g/mol. The number of anilines is 1. The molecule has 0 aliphatic heterocycles. The Balaban J connectivity index is 1.68. The third-order valence-corrected chi connectivity index (χ3v) is 4.47. The van der Waals surface area contributed by atoms with Crippen molar-refractivity contribution in [1.82, 2.24) is 10.6 Å². The van der Waals surface area contributed by atoms with Crippen LogP contribution in [0, 0.1) is 20.8 Å². The van der Waals surface area contributed by atoms with E-state index < -0.39 is 24.5 Å². The van der Waals surface area contributed by atoms with Gasteiger partial charge in [-0.2, -0.15) is 0 Å². The normalized spacial score (nSPS) is 10.1. The first-order valence-corrected chi connectivity index (χ1v) is 9.44. The fraction of sp³-hybridized carbons (Fsp3) is 0.273. The molecular weight excluding hydrogens is 386 g/mol. The first-order chi connectivity index (χ1) is 14.3. The van der Waals surface area contributed by atoms with Gasteiger partial charge in [-0.25, -0.2) is 4.79 Å². The van der Waals surface area contributed by atoms with Crippen molar-refractivity contribution in [3.8, 4) is 0 Å². The van der Waals surface area contributed by atoms with Crippen LogP contribution in [0.5, 0.6) is 0 Å². The van der Waals surface area contributed by atoms with Crippen LogP contribution in [-0.4, -0.2) is 37.0 Å². The van der Waals surface area contributed by atoms with Gasteiger partial charge in [-0.1, -0.05) is 30.3 Å². The van der Waals surface area contributed by atoms with Gasteiger partial charge in [0.2, 0.25) is 0 Å². The number of carbonyl (C=O) groups is 4. The van der Waals surface area contributed by atoms with Gasteiger partial charge in [-0.05, 0) is 49.6 Å². The van der Waals surface area contributed by atoms with E-state index in [-0.39, 0.29) is 18.9 Å². The van der Waals surface area contributed by atoms with E-state index in [1.165, 1.54) is 0 Å². The molecule has 0 aliphatic rings. The van der Waals surface area contributed by atoms with Crippen LogP contribution < -0.4 is 16.0 Å². The third kappa shape index (κ3) is 6.73. The molecule has 0 spiro atoms. The first-order valence-electron chi connectivity index (χ1n) is 9.44. The van der Waals surface area contributed by atoms with Gasteiger partial charge in [0.05, 0.1) is 6.42 Å². The van der Waals surface area contributed by atoms with Crippen LogP contribution in [0.4, 0.5) is 10.5 Å². The van der Waals surface area contributed by atoms with E-state index in [2.05, 4.69) is 16.0 Å². The molecule has 0 radical (unpaired) electrons. The molecule has 30 heavy (non-hydrogen) atoms. The Hall–Kier alpha value is -3.68. The molecule has 2 aromatic rings. The van der Waals surface area contributed by atoms with Crippen molar-refractivity contribution in [2.24, 2.45) is 0 Å². The minimum absolute atomic E-state index is 0.0702. The van der Waals surface area contributed by atoms with Crippen molar-refractivity contribution in [2.45, 2.75) is 27.2 Å². The van der Waals surface area contributed by atoms with Gasteiger partial charge in [0.1, 0.15) is 0 Å². The molecule has 158 valence electrons. The molecule has 0 atom stereocenters. The van der Waals surface area contributed by atoms with Gasteiger partial charge in [-0.15, -0.1) is 0 Å². The van der Waals surface area contributed by atoms with Crippen LogP contribution in [0.1, 0.15) is 33.5 Å². The molecule has 0 bridgehead atoms. The Kier molecular flexibility index (Phi) is 8.10. The molecule has 2 rings (SSSR count). The topological polar surface area (TPSA) is 114 Å². The smallest absolute Gasteiger partial charge is 0.325 e. The zero-order valence-electron chi connectivity index (χ0n) is 17.2. The predicted molar refractivity (Wildman–Crippen MR) is 112 cm³/mol. The molecule has 8 nitrogen and oxygen atoms in total. The number of esters is 1. The highest BCUT2D eigenvalue weighted by Gasteiger charge is 2.13. The predicted octanol–water partition coefficient (Wildman–Crippen LogP) is 2.62. The summed E-state index contributed by atoms with van der Waals surface area (Å²) < 4.78 is 4.83. The lowest BCUT2D eigenvalue weighted by Gasteiger charge is -2.11. The van der Waals surface area contributed by atoms with Crippen LogP contribution in [0.3, 0.4) is 0 Å². The van der Waals surface area contributed by atoms with Crippen molar-refractivity contribution in [3.05, 3.63) is 64.7 Å².